The van der Waals surface area contributed by atoms with Crippen molar-refractivity contribution in [3.8, 4) is 6.07 Å². The predicted octanol–water partition coefficient (Wildman–Crippen LogP) is 9.06. The number of benzene rings is 5. The van der Waals surface area contributed by atoms with Gasteiger partial charge in [0.1, 0.15) is 63.6 Å². The number of ether oxygens (including phenoxy) is 4. The van der Waals surface area contributed by atoms with Crippen molar-refractivity contribution < 1.29 is 118 Å². The number of Topliss-reactive ketones (excluding diaryl/α,β-unsaturated/α-hetero) is 1. The van der Waals surface area contributed by atoms with Crippen LogP contribution in [-0.2, 0) is 70.6 Å². The first kappa shape index (κ1) is 116. The summed E-state index contributed by atoms with van der Waals surface area (Å²) in [4.78, 5) is 144. The minimum absolute atomic E-state index is 0. The molecule has 1 aliphatic carbocycles. The van der Waals surface area contributed by atoms with Gasteiger partial charge in [0.05, 0.1) is 70.9 Å². The fourth-order valence-electron chi connectivity index (χ4n) is 12.7. The Hall–Kier alpha value is -9.04. The molecule has 4 saturated heterocycles. The molecule has 11 rings (SSSR count). The summed E-state index contributed by atoms with van der Waals surface area (Å²) in [7, 11) is -1.58. The molecule has 5 amide bonds. The van der Waals surface area contributed by atoms with E-state index in [2.05, 4.69) is 22.2 Å². The first-order valence-electron chi connectivity index (χ1n) is 38.6. The molecule has 696 valence electrons. The number of hydrogen-bond donors (Lipinski definition) is 8. The first-order valence-corrected chi connectivity index (χ1v) is 40.7. The van der Waals surface area contributed by atoms with Crippen LogP contribution in [0.4, 0.5) is 29.3 Å². The molecular weight excluding hydrogens is 1840 g/mol. The summed E-state index contributed by atoms with van der Waals surface area (Å²) in [5, 5.41) is 71.4. The first-order chi connectivity index (χ1) is 56.4. The predicted molar refractivity (Wildman–Crippen MR) is 475 cm³/mol. The van der Waals surface area contributed by atoms with E-state index in [-0.39, 0.29) is 143 Å². The molecule has 6 aromatic rings. The molecule has 0 bridgehead atoms. The van der Waals surface area contributed by atoms with Crippen LogP contribution in [0.3, 0.4) is 0 Å². The van der Waals surface area contributed by atoms with Crippen molar-refractivity contribution in [2.45, 2.75) is 244 Å². The van der Waals surface area contributed by atoms with E-state index < -0.39 is 156 Å². The standard InChI is InChI=1S/C39H47FN4O5S.C16H21NO5.C10H17NO5.C10H15NO5.C6H5.C3Cl3N3O3.2CH4.BrH.ClH.Mg/c1-36(2,3)49-35(46)44-25-38(47,28-12-8-7-9-13-28)23-33(44)34(45)42-32-22-30(17-18-31(32)40)39(20-19-26-15-16-26,43-50(48)37(4,5)6)29-14-10-11-27(21-29)24-41;1-15(2,3)22-14(20)17-10-16(21,9-12(17)13(18)19)11-7-5-4-6-8-11;2*1-10(2,3)16-9(15)11-5-6(12)4-7(11)8(13)14;1-2-4-6-5-3-1;4-7-1(10)8(5)3(12)9(6)2(7)11;;;;;/h7-14,17-18,21-22,26,33,43,47H,15-16,19-20,23,25H2,1-6H3,(H,42,45);4-8,12,21H,9-10H2,1-3H3,(H,18,19);6-7,12H,4-5H2,1-3H3,(H,13,14);7H,4-5H2,1-3H3,(H,13,14);1-5H;;2*1H4;2*1H;/q;;;;-1;;;;;;+2/p-1/t33-,38-,39?,50-;12-,16-;6-,7-;7-;;;;;;;/m1111......./s1. The number of likely N-dealkylation sites (tertiary alicyclic amines) is 4. The largest absolute Gasteiger partial charge is 2.00 e. The Morgan fingerprint density at radius 1 is 0.567 bits per heavy atom. The molecule has 0 radical (unpaired) electrons. The van der Waals surface area contributed by atoms with Gasteiger partial charge in [0, 0.05) is 61.0 Å². The number of carboxylic acids is 3. The third-order valence-corrected chi connectivity index (χ3v) is 21.2. The third kappa shape index (κ3) is 33.8. The SMILES string of the molecule is C.C.CC(C)(C)OC(=O)N1CC(=O)C[C@@H]1C(=O)O.CC(C)(C)OC(=O)N1C[C@@](O)(c2ccccc2)C[C@@H]1C(=O)Nc1cc(C(CCC2CC2)(N[S@](=O)C(C)(C)C)c2cccc(C#N)c2)ccc1F.CC(C)(C)OC(=O)N1C[C@@](O)(c2ccccc2)C[C@@H]1C(=O)O.CC(C)(C)OC(=O)N1C[C@H](O)C[C@@H]1C(=O)O.Cl.O=c1n(Cl)c(=O)n(Cl)c(=O)n1Cl.[Br-].[Mg+2].[c-]1ccccc1. The number of anilines is 1. The Kier molecular flexibility index (Phi) is 44.3. The summed E-state index contributed by atoms with van der Waals surface area (Å²) in [6.45, 7) is 25.5. The van der Waals surface area contributed by atoms with E-state index in [0.29, 0.717) is 40.2 Å². The summed E-state index contributed by atoms with van der Waals surface area (Å²) in [5.41, 5.74) is -7.84. The van der Waals surface area contributed by atoms with Crippen LogP contribution >= 0.6 is 47.7 Å². The monoisotopic (exact) mass is 1950 g/mol. The number of aliphatic hydroxyl groups excluding tert-OH is 1. The zero-order valence-electron chi connectivity index (χ0n) is 71.8. The molecule has 5 aromatic carbocycles. The second-order valence-electron chi connectivity index (χ2n) is 34.4. The fraction of sp³-hybridized carbons (Fsp3) is 0.500. The number of aromatic nitrogens is 3. The van der Waals surface area contributed by atoms with E-state index in [4.69, 9.17) is 64.5 Å². The Labute approximate surface area is 788 Å². The molecule has 4 aliphatic heterocycles. The van der Waals surface area contributed by atoms with Gasteiger partial charge in [-0.05, 0) is 169 Å². The molecule has 127 heavy (non-hydrogen) atoms. The fourth-order valence-corrected chi connectivity index (χ4v) is 14.2. The molecule has 9 atom stereocenters. The Morgan fingerprint density at radius 3 is 1.35 bits per heavy atom. The number of ketones is 1. The summed E-state index contributed by atoms with van der Waals surface area (Å²) < 4.78 is 53.5. The second-order valence-corrected chi connectivity index (χ2v) is 37.4. The summed E-state index contributed by atoms with van der Waals surface area (Å²) in [6, 6.07) is 39.4. The van der Waals surface area contributed by atoms with Gasteiger partial charge in [-0.25, -0.2) is 61.3 Å². The maximum absolute atomic E-state index is 15.7. The van der Waals surface area contributed by atoms with Gasteiger partial charge in [-0.3, -0.25) is 29.2 Å². The van der Waals surface area contributed by atoms with Crippen LogP contribution in [0, 0.1) is 29.1 Å². The van der Waals surface area contributed by atoms with Crippen LogP contribution in [0.2, 0.25) is 0 Å². The van der Waals surface area contributed by atoms with Crippen LogP contribution in [0.5, 0.6) is 0 Å². The molecule has 1 unspecified atom stereocenters. The zero-order chi connectivity index (χ0) is 91.8. The molecule has 41 heteroatoms. The summed E-state index contributed by atoms with van der Waals surface area (Å²) in [6.07, 6.45) is -0.566. The molecule has 1 saturated carbocycles. The number of carbonyl (C=O) groups excluding carboxylic acids is 6. The number of hydrogen-bond acceptors (Lipinski definition) is 21. The van der Waals surface area contributed by atoms with Gasteiger partial charge in [-0.15, -0.1) is 24.7 Å². The minimum Gasteiger partial charge on any atom is -1.00 e. The van der Waals surface area contributed by atoms with Crippen LogP contribution in [0.15, 0.2) is 148 Å². The normalized spacial score (nSPS) is 19.9. The molecular formula is C86H114BrCl4FMgN10O23S. The average molecular weight is 1950 g/mol. The molecule has 1 aromatic heterocycles. The van der Waals surface area contributed by atoms with E-state index in [1.54, 1.807) is 162 Å². The van der Waals surface area contributed by atoms with Crippen LogP contribution in [-0.4, -0.2) is 227 Å². The van der Waals surface area contributed by atoms with Crippen molar-refractivity contribution in [3.63, 3.8) is 0 Å². The number of carboxylic acid groups (broad SMARTS) is 3. The van der Waals surface area contributed by atoms with Gasteiger partial charge < -0.3 is 71.9 Å². The topological polar surface area (TPSA) is 456 Å². The number of nitrogens with one attached hydrogen (secondary N) is 2. The molecule has 5 heterocycles. The second kappa shape index (κ2) is 48.6. The van der Waals surface area contributed by atoms with E-state index in [9.17, 15) is 87.4 Å². The number of rotatable bonds is 14. The van der Waals surface area contributed by atoms with Crippen molar-refractivity contribution in [1.29, 1.82) is 5.26 Å². The van der Waals surface area contributed by atoms with Crippen molar-refractivity contribution in [2.24, 2.45) is 5.92 Å². The number of aliphatic hydroxyl groups is 3. The quantitative estimate of drug-likeness (QED) is 0.0286. The Morgan fingerprint density at radius 2 is 0.969 bits per heavy atom. The van der Waals surface area contributed by atoms with E-state index in [1.807, 2.05) is 63.2 Å². The molecule has 5 aliphatic rings. The van der Waals surface area contributed by atoms with Crippen LogP contribution in [0.1, 0.15) is 198 Å². The number of aliphatic carboxylic acids is 3. The van der Waals surface area contributed by atoms with Gasteiger partial charge in [0.15, 0.2) is 5.78 Å². The summed E-state index contributed by atoms with van der Waals surface area (Å²) in [5.74, 6) is -4.63. The number of halogens is 6. The smallest absolute Gasteiger partial charge is 1.00 e. The number of carbonyl (C=O) groups is 9. The van der Waals surface area contributed by atoms with Crippen molar-refractivity contribution in [2.75, 3.05) is 31.5 Å². The van der Waals surface area contributed by atoms with Gasteiger partial charge in [-0.1, -0.05) is 107 Å². The maximum atomic E-state index is 15.7. The average Bonchev–Trinajstić information content (AvgIpc) is 1.74. The Balaban J connectivity index is 0.000000865. The molecule has 33 nitrogen and oxygen atoms in total. The maximum Gasteiger partial charge on any atom is 2.00 e. The molecule has 0 spiro atoms. The van der Waals surface area contributed by atoms with Crippen LogP contribution < -0.4 is 44.1 Å². The number of amides is 5. The minimum atomic E-state index is -1.58. The van der Waals surface area contributed by atoms with Gasteiger partial charge >= 0.3 is 82.4 Å². The van der Waals surface area contributed by atoms with Gasteiger partial charge in [-0.2, -0.15) is 41.7 Å². The van der Waals surface area contributed by atoms with Crippen molar-refractivity contribution in [1.82, 2.24) is 36.6 Å². The number of β-amino-alcohol motifs (C(OH)–C–C–N with tert-alkyl or cyclic N) is 3. The number of nitrogens with zero attached hydrogens (tertiary/aromatic N) is 8. The van der Waals surface area contributed by atoms with Crippen molar-refractivity contribution in [3.05, 3.63) is 205 Å². The van der Waals surface area contributed by atoms with Gasteiger partial charge in [0.25, 0.3) is 0 Å². The molecule has 8 N–H and O–H groups in total. The summed E-state index contributed by atoms with van der Waals surface area (Å²) >= 11 is 15.3. The van der Waals surface area contributed by atoms with E-state index in [0.717, 1.165) is 34.0 Å². The number of nitriles is 1. The third-order valence-electron chi connectivity index (χ3n) is 18.7. The van der Waals surface area contributed by atoms with E-state index in [1.165, 1.54) is 17.0 Å². The van der Waals surface area contributed by atoms with Gasteiger partial charge in [0.2, 0.25) is 5.91 Å². The van der Waals surface area contributed by atoms with Crippen molar-refractivity contribution >= 4 is 141 Å². The van der Waals surface area contributed by atoms with Crippen LogP contribution in [0.25, 0.3) is 0 Å². The molecule has 5 fully saturated rings. The zero-order valence-corrected chi connectivity index (χ0v) is 78.7. The van der Waals surface area contributed by atoms with E-state index >= 15 is 4.39 Å². The Bertz CT molecular complexity index is 4880.